The van der Waals surface area contributed by atoms with Gasteiger partial charge in [-0.3, -0.25) is 9.59 Å². The summed E-state index contributed by atoms with van der Waals surface area (Å²) in [5.41, 5.74) is 0.669. The molecule has 0 N–H and O–H groups in total. The van der Waals surface area contributed by atoms with Crippen LogP contribution in [0.2, 0.25) is 5.02 Å². The number of nitrogens with zero attached hydrogens (tertiary/aromatic N) is 2. The van der Waals surface area contributed by atoms with Crippen LogP contribution in [0.4, 0.5) is 0 Å². The fourth-order valence-corrected chi connectivity index (χ4v) is 3.11. The highest BCUT2D eigenvalue weighted by Crippen LogP contribution is 2.24. The third kappa shape index (κ3) is 4.17. The fraction of sp³-hybridized carbons (Fsp3) is 0.300. The topological polar surface area (TPSA) is 49.9 Å². The first kappa shape index (κ1) is 18.3. The molecule has 3 rings (SSSR count). The number of piperazine rings is 1. The normalized spacial score (nSPS) is 15.5. The molecule has 5 nitrogen and oxygen atoms in total. The molecule has 1 heterocycles. The lowest BCUT2D eigenvalue weighted by Gasteiger charge is -2.36. The second-order valence-corrected chi connectivity index (χ2v) is 6.58. The van der Waals surface area contributed by atoms with Crippen molar-refractivity contribution in [3.8, 4) is 5.75 Å². The SMILES string of the molecule is CC(Oc1ccccc1Cl)C(=O)N1CCN(C(=O)c2ccccc2)CC1. The van der Waals surface area contributed by atoms with E-state index in [2.05, 4.69) is 0 Å². The van der Waals surface area contributed by atoms with Gasteiger partial charge in [-0.2, -0.15) is 0 Å². The van der Waals surface area contributed by atoms with Gasteiger partial charge in [-0.05, 0) is 31.2 Å². The summed E-state index contributed by atoms with van der Waals surface area (Å²) in [6.07, 6.45) is -0.633. The zero-order chi connectivity index (χ0) is 18.5. The Morgan fingerprint density at radius 1 is 0.923 bits per heavy atom. The molecule has 1 fully saturated rings. The summed E-state index contributed by atoms with van der Waals surface area (Å²) in [4.78, 5) is 28.6. The van der Waals surface area contributed by atoms with Gasteiger partial charge in [0.15, 0.2) is 6.10 Å². The highest BCUT2D eigenvalue weighted by molar-refractivity contribution is 6.32. The van der Waals surface area contributed by atoms with Crippen LogP contribution in [0.1, 0.15) is 17.3 Å². The maximum absolute atomic E-state index is 12.6. The molecule has 0 radical (unpaired) electrons. The van der Waals surface area contributed by atoms with E-state index in [0.29, 0.717) is 42.5 Å². The first-order valence-electron chi connectivity index (χ1n) is 8.60. The van der Waals surface area contributed by atoms with Gasteiger partial charge in [0.25, 0.3) is 11.8 Å². The summed E-state index contributed by atoms with van der Waals surface area (Å²) in [6.45, 7) is 3.73. The molecule has 2 aromatic carbocycles. The number of hydrogen-bond donors (Lipinski definition) is 0. The van der Waals surface area contributed by atoms with Gasteiger partial charge in [0.05, 0.1) is 5.02 Å². The minimum atomic E-state index is -0.633. The molecule has 1 atom stereocenters. The highest BCUT2D eigenvalue weighted by Gasteiger charge is 2.28. The zero-order valence-corrected chi connectivity index (χ0v) is 15.4. The van der Waals surface area contributed by atoms with Crippen molar-refractivity contribution in [1.29, 1.82) is 0 Å². The van der Waals surface area contributed by atoms with Gasteiger partial charge in [0, 0.05) is 31.7 Å². The Morgan fingerprint density at radius 3 is 2.15 bits per heavy atom. The zero-order valence-electron chi connectivity index (χ0n) is 14.6. The Bertz CT molecular complexity index is 774. The summed E-state index contributed by atoms with van der Waals surface area (Å²) < 4.78 is 5.70. The van der Waals surface area contributed by atoms with E-state index in [1.54, 1.807) is 41.0 Å². The van der Waals surface area contributed by atoms with Crippen LogP contribution in [0.3, 0.4) is 0 Å². The minimum Gasteiger partial charge on any atom is -0.479 e. The Kier molecular flexibility index (Phi) is 5.78. The van der Waals surface area contributed by atoms with Crippen LogP contribution in [-0.2, 0) is 4.79 Å². The molecular formula is C20H21ClN2O3. The van der Waals surface area contributed by atoms with Gasteiger partial charge in [0.1, 0.15) is 5.75 Å². The Labute approximate surface area is 158 Å². The van der Waals surface area contributed by atoms with Crippen molar-refractivity contribution in [2.24, 2.45) is 0 Å². The van der Waals surface area contributed by atoms with Gasteiger partial charge in [-0.15, -0.1) is 0 Å². The number of carbonyl (C=O) groups excluding carboxylic acids is 2. The quantitative estimate of drug-likeness (QED) is 0.828. The molecule has 0 saturated carbocycles. The number of amides is 2. The summed E-state index contributed by atoms with van der Waals surface area (Å²) in [7, 11) is 0. The third-order valence-electron chi connectivity index (χ3n) is 4.39. The van der Waals surface area contributed by atoms with E-state index in [0.717, 1.165) is 0 Å². The maximum atomic E-state index is 12.6. The predicted octanol–water partition coefficient (Wildman–Crippen LogP) is 3.09. The molecule has 0 aliphatic carbocycles. The number of benzene rings is 2. The Balaban J connectivity index is 1.55. The highest BCUT2D eigenvalue weighted by atomic mass is 35.5. The lowest BCUT2D eigenvalue weighted by atomic mass is 10.2. The molecule has 136 valence electrons. The molecule has 1 unspecified atom stereocenters. The number of carbonyl (C=O) groups is 2. The molecule has 1 saturated heterocycles. The summed E-state index contributed by atoms with van der Waals surface area (Å²) in [5, 5.41) is 0.477. The fourth-order valence-electron chi connectivity index (χ4n) is 2.93. The second-order valence-electron chi connectivity index (χ2n) is 6.17. The average molecular weight is 373 g/mol. The molecule has 1 aliphatic heterocycles. The van der Waals surface area contributed by atoms with Gasteiger partial charge in [0.2, 0.25) is 0 Å². The van der Waals surface area contributed by atoms with E-state index in [1.807, 2.05) is 30.3 Å². The van der Waals surface area contributed by atoms with Crippen LogP contribution in [-0.4, -0.2) is 53.9 Å². The van der Waals surface area contributed by atoms with Crippen molar-refractivity contribution in [2.75, 3.05) is 26.2 Å². The van der Waals surface area contributed by atoms with Crippen molar-refractivity contribution in [1.82, 2.24) is 9.80 Å². The smallest absolute Gasteiger partial charge is 0.263 e. The molecule has 2 aromatic rings. The number of halogens is 1. The summed E-state index contributed by atoms with van der Waals surface area (Å²) in [6, 6.07) is 16.3. The summed E-state index contributed by atoms with van der Waals surface area (Å²) in [5.74, 6) is 0.391. The molecule has 26 heavy (non-hydrogen) atoms. The van der Waals surface area contributed by atoms with E-state index in [9.17, 15) is 9.59 Å². The van der Waals surface area contributed by atoms with Gasteiger partial charge in [-0.25, -0.2) is 0 Å². The van der Waals surface area contributed by atoms with Crippen molar-refractivity contribution in [3.63, 3.8) is 0 Å². The van der Waals surface area contributed by atoms with Crippen LogP contribution in [0, 0.1) is 0 Å². The van der Waals surface area contributed by atoms with Crippen LogP contribution in [0.15, 0.2) is 54.6 Å². The third-order valence-corrected chi connectivity index (χ3v) is 4.70. The molecule has 0 aromatic heterocycles. The summed E-state index contributed by atoms with van der Waals surface area (Å²) >= 11 is 6.08. The van der Waals surface area contributed by atoms with Crippen LogP contribution in [0.5, 0.6) is 5.75 Å². The maximum Gasteiger partial charge on any atom is 0.263 e. The Morgan fingerprint density at radius 2 is 1.50 bits per heavy atom. The lowest BCUT2D eigenvalue weighted by Crippen LogP contribution is -2.53. The van der Waals surface area contributed by atoms with Crippen LogP contribution >= 0.6 is 11.6 Å². The van der Waals surface area contributed by atoms with Crippen LogP contribution < -0.4 is 4.74 Å². The van der Waals surface area contributed by atoms with Crippen molar-refractivity contribution < 1.29 is 14.3 Å². The van der Waals surface area contributed by atoms with E-state index < -0.39 is 6.10 Å². The van der Waals surface area contributed by atoms with E-state index in [1.165, 1.54) is 0 Å². The van der Waals surface area contributed by atoms with E-state index in [-0.39, 0.29) is 11.8 Å². The van der Waals surface area contributed by atoms with Gasteiger partial charge >= 0.3 is 0 Å². The predicted molar refractivity (Wildman–Crippen MR) is 100 cm³/mol. The number of rotatable bonds is 4. The molecule has 1 aliphatic rings. The average Bonchev–Trinajstić information content (AvgIpc) is 2.69. The number of para-hydroxylation sites is 1. The van der Waals surface area contributed by atoms with Gasteiger partial charge in [-0.1, -0.05) is 41.9 Å². The van der Waals surface area contributed by atoms with Crippen LogP contribution in [0.25, 0.3) is 0 Å². The van der Waals surface area contributed by atoms with Crippen molar-refractivity contribution in [2.45, 2.75) is 13.0 Å². The lowest BCUT2D eigenvalue weighted by molar-refractivity contribution is -0.139. The largest absolute Gasteiger partial charge is 0.479 e. The number of ether oxygens (including phenoxy) is 1. The molecular weight excluding hydrogens is 352 g/mol. The first-order valence-corrected chi connectivity index (χ1v) is 8.98. The molecule has 6 heteroatoms. The number of hydrogen-bond acceptors (Lipinski definition) is 3. The van der Waals surface area contributed by atoms with Gasteiger partial charge < -0.3 is 14.5 Å². The minimum absolute atomic E-state index is 0.00179. The van der Waals surface area contributed by atoms with E-state index in [4.69, 9.17) is 16.3 Å². The first-order chi connectivity index (χ1) is 12.6. The van der Waals surface area contributed by atoms with Crippen molar-refractivity contribution >= 4 is 23.4 Å². The standard InChI is InChI=1S/C20H21ClN2O3/c1-15(26-18-10-6-5-9-17(18)21)19(24)22-11-13-23(14-12-22)20(25)16-7-3-2-4-8-16/h2-10,15H,11-14H2,1H3. The van der Waals surface area contributed by atoms with E-state index >= 15 is 0 Å². The Hall–Kier alpha value is -2.53. The monoisotopic (exact) mass is 372 g/mol. The molecule has 0 spiro atoms. The second kappa shape index (κ2) is 8.23. The molecule has 0 bridgehead atoms. The van der Waals surface area contributed by atoms with Crippen molar-refractivity contribution in [3.05, 3.63) is 65.2 Å². The molecule has 2 amide bonds.